The summed E-state index contributed by atoms with van der Waals surface area (Å²) in [6, 6.07) is 0. The van der Waals surface area contributed by atoms with Crippen molar-refractivity contribution in [2.75, 3.05) is 27.2 Å². The van der Waals surface area contributed by atoms with Gasteiger partial charge in [0.25, 0.3) is 0 Å². The van der Waals surface area contributed by atoms with Gasteiger partial charge in [0, 0.05) is 29.2 Å². The number of carbonyl (C=O) groups is 3. The number of ether oxygens (including phenoxy) is 3. The monoisotopic (exact) mass is 583 g/mol. The molecule has 5 aliphatic carbocycles. The standard InChI is InChI=1S/C34H49NO7/c1-20(18-35(4)5)30(39)40-19-27(38)34-28(41-31(42-34)21-9-7-6-8-10-21)16-25-24-12-11-22-15-23(36)13-14-32(22,2)29(24)26(37)17-33(25,34)3/h13-15,20-21,24-26,28-29,31,37H,6-12,16-19H2,1-5H3/t20-,24+,25+,26+,28-,29-,31-,32+,33+,34-/m1/s1. The van der Waals surface area contributed by atoms with Gasteiger partial charge in [0.05, 0.1) is 18.1 Å². The molecule has 0 radical (unpaired) electrons. The zero-order valence-corrected chi connectivity index (χ0v) is 26.0. The van der Waals surface area contributed by atoms with Gasteiger partial charge in [0.1, 0.15) is 0 Å². The van der Waals surface area contributed by atoms with Gasteiger partial charge >= 0.3 is 5.97 Å². The second kappa shape index (κ2) is 10.9. The van der Waals surface area contributed by atoms with E-state index >= 15 is 0 Å². The number of aliphatic hydroxyl groups excluding tert-OH is 1. The van der Waals surface area contributed by atoms with Gasteiger partial charge in [-0.25, -0.2) is 0 Å². The maximum absolute atomic E-state index is 14.4. The van der Waals surface area contributed by atoms with Crippen molar-refractivity contribution in [2.45, 2.75) is 103 Å². The highest BCUT2D eigenvalue weighted by atomic mass is 16.7. The molecule has 10 atom stereocenters. The van der Waals surface area contributed by atoms with E-state index < -0.39 is 40.9 Å². The summed E-state index contributed by atoms with van der Waals surface area (Å²) in [5.74, 6) is -0.539. The fourth-order valence-corrected chi connectivity index (χ4v) is 10.2. The van der Waals surface area contributed by atoms with E-state index in [2.05, 4.69) is 13.8 Å². The number of nitrogens with zero attached hydrogens (tertiary/aromatic N) is 1. The largest absolute Gasteiger partial charge is 0.457 e. The molecule has 8 heteroatoms. The zero-order valence-electron chi connectivity index (χ0n) is 26.0. The summed E-state index contributed by atoms with van der Waals surface area (Å²) >= 11 is 0. The van der Waals surface area contributed by atoms with Crippen molar-refractivity contribution in [1.82, 2.24) is 4.90 Å². The molecule has 8 nitrogen and oxygen atoms in total. The predicted molar refractivity (Wildman–Crippen MR) is 156 cm³/mol. The van der Waals surface area contributed by atoms with Crippen molar-refractivity contribution in [3.63, 3.8) is 0 Å². The van der Waals surface area contributed by atoms with E-state index in [0.717, 1.165) is 44.1 Å². The van der Waals surface area contributed by atoms with Crippen LogP contribution in [0.1, 0.15) is 78.6 Å². The first-order valence-corrected chi connectivity index (χ1v) is 16.2. The van der Waals surface area contributed by atoms with Gasteiger partial charge in [-0.1, -0.05) is 51.7 Å². The van der Waals surface area contributed by atoms with E-state index in [1.165, 1.54) is 6.42 Å². The van der Waals surface area contributed by atoms with Gasteiger partial charge in [-0.05, 0) is 76.6 Å². The minimum Gasteiger partial charge on any atom is -0.457 e. The average Bonchev–Trinajstić information content (AvgIpc) is 3.45. The van der Waals surface area contributed by atoms with Gasteiger partial charge in [-0.2, -0.15) is 0 Å². The van der Waals surface area contributed by atoms with Crippen molar-refractivity contribution in [3.8, 4) is 0 Å². The lowest BCUT2D eigenvalue weighted by Crippen LogP contribution is -2.63. The molecule has 4 saturated carbocycles. The Balaban J connectivity index is 1.31. The van der Waals surface area contributed by atoms with Crippen molar-refractivity contribution in [1.29, 1.82) is 0 Å². The first-order chi connectivity index (χ1) is 19.9. The lowest BCUT2D eigenvalue weighted by molar-refractivity contribution is -0.210. The van der Waals surface area contributed by atoms with E-state index in [1.54, 1.807) is 12.2 Å². The van der Waals surface area contributed by atoms with Crippen LogP contribution in [0.3, 0.4) is 0 Å². The SMILES string of the molecule is C[C@H](CN(C)C)C(=O)OCC(=O)[C@@]12O[C@H](C3CCCCC3)O[C@@H]1C[C@H]1[C@@H]3CCC4=CC(=O)C=C[C@]4(C)[C@H]3[C@@H](O)C[C@@]12C. The summed E-state index contributed by atoms with van der Waals surface area (Å²) in [5.41, 5.74) is -1.23. The quantitative estimate of drug-likeness (QED) is 0.444. The minimum absolute atomic E-state index is 0.0148. The Morgan fingerprint density at radius 1 is 1.17 bits per heavy atom. The van der Waals surface area contributed by atoms with Gasteiger partial charge in [0.15, 0.2) is 24.3 Å². The number of esters is 1. The topological polar surface area (TPSA) is 102 Å². The van der Waals surface area contributed by atoms with Crippen molar-refractivity contribution in [3.05, 3.63) is 23.8 Å². The second-order valence-electron chi connectivity index (χ2n) is 14.9. The molecular formula is C34H49NO7. The number of fused-ring (bicyclic) bond motifs is 7. The highest BCUT2D eigenvalue weighted by molar-refractivity contribution is 6.01. The lowest BCUT2D eigenvalue weighted by Gasteiger charge is -2.59. The highest BCUT2D eigenvalue weighted by Crippen LogP contribution is 2.70. The molecule has 1 aliphatic heterocycles. The molecule has 6 aliphatic rings. The Morgan fingerprint density at radius 3 is 2.62 bits per heavy atom. The number of Topliss-reactive ketones (excluding diaryl/α,β-unsaturated/α-hetero) is 1. The second-order valence-corrected chi connectivity index (χ2v) is 14.9. The van der Waals surface area contributed by atoms with Crippen LogP contribution in [0.4, 0.5) is 0 Å². The van der Waals surface area contributed by atoms with E-state index in [-0.39, 0.29) is 47.8 Å². The van der Waals surface area contributed by atoms with Gasteiger partial charge in [0.2, 0.25) is 5.78 Å². The van der Waals surface area contributed by atoms with Crippen molar-refractivity contribution < 1.29 is 33.7 Å². The highest BCUT2D eigenvalue weighted by Gasteiger charge is 2.76. The van der Waals surface area contributed by atoms with Gasteiger partial charge in [-0.3, -0.25) is 14.4 Å². The molecule has 1 heterocycles. The summed E-state index contributed by atoms with van der Waals surface area (Å²) in [6.07, 6.45) is 12.1. The van der Waals surface area contributed by atoms with Crippen LogP contribution in [-0.4, -0.2) is 78.9 Å². The molecule has 6 rings (SSSR count). The van der Waals surface area contributed by atoms with Crippen molar-refractivity contribution >= 4 is 17.5 Å². The molecule has 0 bridgehead atoms. The van der Waals surface area contributed by atoms with Crippen LogP contribution < -0.4 is 0 Å². The fraction of sp³-hybridized carbons (Fsp3) is 0.794. The maximum atomic E-state index is 14.4. The number of aliphatic hydroxyl groups is 1. The fourth-order valence-electron chi connectivity index (χ4n) is 10.2. The van der Waals surface area contributed by atoms with Crippen LogP contribution in [0.2, 0.25) is 0 Å². The Kier molecular flexibility index (Phi) is 7.85. The molecule has 0 aromatic carbocycles. The summed E-state index contributed by atoms with van der Waals surface area (Å²) in [6.45, 7) is 6.27. The van der Waals surface area contributed by atoms with Crippen LogP contribution >= 0.6 is 0 Å². The molecule has 5 fully saturated rings. The number of ketones is 2. The summed E-state index contributed by atoms with van der Waals surface area (Å²) in [4.78, 5) is 41.4. The van der Waals surface area contributed by atoms with Crippen LogP contribution in [-0.2, 0) is 28.6 Å². The Hall–Kier alpha value is -1.87. The van der Waals surface area contributed by atoms with Crippen LogP contribution in [0.25, 0.3) is 0 Å². The molecular weight excluding hydrogens is 534 g/mol. The first kappa shape index (κ1) is 30.2. The molecule has 1 saturated heterocycles. The summed E-state index contributed by atoms with van der Waals surface area (Å²) in [5, 5.41) is 11.9. The molecule has 0 spiro atoms. The smallest absolute Gasteiger partial charge is 0.310 e. The van der Waals surface area contributed by atoms with Gasteiger partial charge in [-0.15, -0.1) is 0 Å². The molecule has 0 aromatic heterocycles. The third-order valence-corrected chi connectivity index (χ3v) is 12.1. The van der Waals surface area contributed by atoms with Crippen LogP contribution in [0, 0.1) is 40.4 Å². The van der Waals surface area contributed by atoms with E-state index in [4.69, 9.17) is 14.2 Å². The molecule has 232 valence electrons. The average molecular weight is 584 g/mol. The van der Waals surface area contributed by atoms with Crippen LogP contribution in [0.15, 0.2) is 23.8 Å². The number of hydrogen-bond donors (Lipinski definition) is 1. The Morgan fingerprint density at radius 2 is 1.90 bits per heavy atom. The molecule has 1 N–H and O–H groups in total. The molecule has 0 amide bonds. The number of rotatable bonds is 7. The number of carbonyl (C=O) groups excluding carboxylic acids is 3. The molecule has 0 unspecified atom stereocenters. The minimum atomic E-state index is -1.27. The van der Waals surface area contributed by atoms with Crippen molar-refractivity contribution in [2.24, 2.45) is 40.4 Å². The lowest BCUT2D eigenvalue weighted by atomic mass is 9.46. The normalized spacial score (nSPS) is 43.7. The Bertz CT molecular complexity index is 1170. The van der Waals surface area contributed by atoms with E-state index in [9.17, 15) is 19.5 Å². The number of allylic oxidation sites excluding steroid dienone is 4. The summed E-state index contributed by atoms with van der Waals surface area (Å²) in [7, 11) is 3.81. The van der Waals surface area contributed by atoms with Crippen LogP contribution in [0.5, 0.6) is 0 Å². The number of hydrogen-bond acceptors (Lipinski definition) is 8. The predicted octanol–water partition coefficient (Wildman–Crippen LogP) is 4.25. The molecule has 42 heavy (non-hydrogen) atoms. The third-order valence-electron chi connectivity index (χ3n) is 12.1. The van der Waals surface area contributed by atoms with E-state index in [0.29, 0.717) is 19.4 Å². The summed E-state index contributed by atoms with van der Waals surface area (Å²) < 4.78 is 19.3. The maximum Gasteiger partial charge on any atom is 0.310 e. The Labute approximate surface area is 250 Å². The zero-order chi connectivity index (χ0) is 30.0. The molecule has 0 aromatic rings. The first-order valence-electron chi connectivity index (χ1n) is 16.2. The van der Waals surface area contributed by atoms with Gasteiger partial charge < -0.3 is 24.2 Å². The third kappa shape index (κ3) is 4.58. The van der Waals surface area contributed by atoms with E-state index in [1.807, 2.05) is 32.0 Å².